The van der Waals surface area contributed by atoms with E-state index in [0.717, 1.165) is 11.1 Å². The lowest BCUT2D eigenvalue weighted by atomic mass is 9.98. The second-order valence-corrected chi connectivity index (χ2v) is 3.73. The van der Waals surface area contributed by atoms with E-state index >= 15 is 0 Å². The van der Waals surface area contributed by atoms with Crippen LogP contribution in [0.2, 0.25) is 0 Å². The smallest absolute Gasteiger partial charge is 0.320 e. The van der Waals surface area contributed by atoms with Crippen LogP contribution in [0.15, 0.2) is 12.1 Å². The molecule has 0 saturated heterocycles. The lowest BCUT2D eigenvalue weighted by Gasteiger charge is -2.12. The predicted molar refractivity (Wildman–Crippen MR) is 56.9 cm³/mol. The minimum atomic E-state index is -1.06. The number of nitrogens with two attached hydrogens (primary N) is 1. The molecule has 0 aliphatic rings. The zero-order valence-corrected chi connectivity index (χ0v) is 8.82. The van der Waals surface area contributed by atoms with Crippen LogP contribution in [0, 0.1) is 13.8 Å². The Morgan fingerprint density at radius 2 is 2.07 bits per heavy atom. The van der Waals surface area contributed by atoms with Gasteiger partial charge in [-0.2, -0.15) is 0 Å². The molecule has 0 spiro atoms. The number of carboxylic acid groups (broad SMARTS) is 1. The van der Waals surface area contributed by atoms with Gasteiger partial charge in [-0.3, -0.25) is 4.79 Å². The SMILES string of the molecule is Cc1cc(C)c(C[C@@H](N)C(=O)O)c(O)c1. The van der Waals surface area contributed by atoms with Crippen molar-refractivity contribution >= 4 is 5.97 Å². The Bertz CT molecular complexity index is 364. The molecule has 1 aromatic rings. The summed E-state index contributed by atoms with van der Waals surface area (Å²) in [5.74, 6) is -0.946. The van der Waals surface area contributed by atoms with Crippen LogP contribution < -0.4 is 5.73 Å². The highest BCUT2D eigenvalue weighted by atomic mass is 16.4. The minimum Gasteiger partial charge on any atom is -0.508 e. The first-order valence-corrected chi connectivity index (χ1v) is 4.69. The summed E-state index contributed by atoms with van der Waals surface area (Å²) in [6, 6.07) is 2.53. The molecule has 0 aromatic heterocycles. The third-order valence-electron chi connectivity index (χ3n) is 2.33. The lowest BCUT2D eigenvalue weighted by molar-refractivity contribution is -0.138. The summed E-state index contributed by atoms with van der Waals surface area (Å²) in [5, 5.41) is 18.3. The number of hydrogen-bond acceptors (Lipinski definition) is 3. The Labute approximate surface area is 88.3 Å². The molecule has 1 rings (SSSR count). The Morgan fingerprint density at radius 3 is 2.53 bits per heavy atom. The molecule has 0 saturated carbocycles. The van der Waals surface area contributed by atoms with Gasteiger partial charge in [0.15, 0.2) is 0 Å². The average Bonchev–Trinajstić information content (AvgIpc) is 2.10. The second-order valence-electron chi connectivity index (χ2n) is 3.73. The number of rotatable bonds is 3. The molecule has 1 aromatic carbocycles. The fourth-order valence-corrected chi connectivity index (χ4v) is 1.55. The van der Waals surface area contributed by atoms with Gasteiger partial charge in [0.1, 0.15) is 11.8 Å². The molecule has 0 fully saturated rings. The first kappa shape index (κ1) is 11.5. The molecule has 0 bridgehead atoms. The molecule has 4 N–H and O–H groups in total. The summed E-state index contributed by atoms with van der Waals surface area (Å²) in [6.45, 7) is 3.70. The van der Waals surface area contributed by atoms with E-state index in [-0.39, 0.29) is 12.2 Å². The van der Waals surface area contributed by atoms with Gasteiger partial charge in [0, 0.05) is 6.42 Å². The van der Waals surface area contributed by atoms with Gasteiger partial charge >= 0.3 is 5.97 Å². The Kier molecular flexibility index (Phi) is 3.31. The summed E-state index contributed by atoms with van der Waals surface area (Å²) in [7, 11) is 0. The molecule has 4 heteroatoms. The van der Waals surface area contributed by atoms with Crippen LogP contribution in [0.5, 0.6) is 5.75 Å². The van der Waals surface area contributed by atoms with Crippen molar-refractivity contribution in [3.05, 3.63) is 28.8 Å². The highest BCUT2D eigenvalue weighted by molar-refractivity contribution is 5.73. The molecule has 0 aliphatic heterocycles. The first-order chi connectivity index (χ1) is 6.91. The van der Waals surface area contributed by atoms with E-state index < -0.39 is 12.0 Å². The normalized spacial score (nSPS) is 12.5. The highest BCUT2D eigenvalue weighted by Crippen LogP contribution is 2.24. The summed E-state index contributed by atoms with van der Waals surface area (Å²) in [6.07, 6.45) is 0.146. The fraction of sp³-hybridized carbons (Fsp3) is 0.364. The maximum Gasteiger partial charge on any atom is 0.320 e. The number of phenolic OH excluding ortho intramolecular Hbond substituents is 1. The number of phenols is 1. The highest BCUT2D eigenvalue weighted by Gasteiger charge is 2.16. The molecule has 0 aliphatic carbocycles. The molecule has 1 atom stereocenters. The average molecular weight is 209 g/mol. The maximum absolute atomic E-state index is 10.6. The zero-order chi connectivity index (χ0) is 11.6. The van der Waals surface area contributed by atoms with Crippen LogP contribution in [0.4, 0.5) is 0 Å². The Hall–Kier alpha value is -1.55. The molecule has 0 heterocycles. The predicted octanol–water partition coefficient (Wildman–Crippen LogP) is 0.963. The summed E-state index contributed by atoms with van der Waals surface area (Å²) in [4.78, 5) is 10.6. The Balaban J connectivity index is 3.00. The van der Waals surface area contributed by atoms with E-state index in [1.54, 1.807) is 6.07 Å². The van der Waals surface area contributed by atoms with Crippen molar-refractivity contribution in [2.75, 3.05) is 0 Å². The van der Waals surface area contributed by atoms with E-state index in [4.69, 9.17) is 10.8 Å². The number of carbonyl (C=O) groups is 1. The molecule has 0 unspecified atom stereocenters. The molecule has 0 amide bonds. The van der Waals surface area contributed by atoms with E-state index in [1.165, 1.54) is 0 Å². The van der Waals surface area contributed by atoms with Crippen LogP contribution in [0.25, 0.3) is 0 Å². The van der Waals surface area contributed by atoms with Gasteiger partial charge in [0.05, 0.1) is 0 Å². The standard InChI is InChI=1S/C11H15NO3/c1-6-3-7(2)8(10(13)4-6)5-9(12)11(14)15/h3-4,9,13H,5,12H2,1-2H3,(H,14,15)/t9-/m1/s1. The van der Waals surface area contributed by atoms with Crippen molar-refractivity contribution in [1.82, 2.24) is 0 Å². The van der Waals surface area contributed by atoms with Crippen LogP contribution >= 0.6 is 0 Å². The number of hydrogen-bond donors (Lipinski definition) is 3. The minimum absolute atomic E-state index is 0.115. The van der Waals surface area contributed by atoms with Crippen LogP contribution in [0.3, 0.4) is 0 Å². The zero-order valence-electron chi connectivity index (χ0n) is 8.82. The van der Waals surface area contributed by atoms with Crippen molar-refractivity contribution in [1.29, 1.82) is 0 Å². The largest absolute Gasteiger partial charge is 0.508 e. The summed E-state index contributed by atoms with van der Waals surface area (Å²) < 4.78 is 0. The molecular weight excluding hydrogens is 194 g/mol. The van der Waals surface area contributed by atoms with Gasteiger partial charge in [-0.25, -0.2) is 0 Å². The second kappa shape index (κ2) is 4.31. The van der Waals surface area contributed by atoms with Gasteiger partial charge in [-0.05, 0) is 36.6 Å². The van der Waals surface area contributed by atoms with Crippen LogP contribution in [-0.2, 0) is 11.2 Å². The van der Waals surface area contributed by atoms with Gasteiger partial charge in [-0.1, -0.05) is 6.07 Å². The van der Waals surface area contributed by atoms with Crippen molar-refractivity contribution in [3.63, 3.8) is 0 Å². The molecule has 4 nitrogen and oxygen atoms in total. The van der Waals surface area contributed by atoms with E-state index in [9.17, 15) is 9.90 Å². The number of aryl methyl sites for hydroxylation is 2. The van der Waals surface area contributed by atoms with E-state index in [2.05, 4.69) is 0 Å². The molecule has 82 valence electrons. The van der Waals surface area contributed by atoms with Crippen LogP contribution in [-0.4, -0.2) is 22.2 Å². The molecule has 0 radical (unpaired) electrons. The number of aliphatic carboxylic acids is 1. The monoisotopic (exact) mass is 209 g/mol. The van der Waals surface area contributed by atoms with Gasteiger partial charge in [0.2, 0.25) is 0 Å². The molecule has 15 heavy (non-hydrogen) atoms. The van der Waals surface area contributed by atoms with Gasteiger partial charge in [-0.15, -0.1) is 0 Å². The van der Waals surface area contributed by atoms with Gasteiger partial charge < -0.3 is 15.9 Å². The third-order valence-corrected chi connectivity index (χ3v) is 2.33. The van der Waals surface area contributed by atoms with Crippen molar-refractivity contribution < 1.29 is 15.0 Å². The van der Waals surface area contributed by atoms with Crippen molar-refractivity contribution in [2.24, 2.45) is 5.73 Å². The van der Waals surface area contributed by atoms with Crippen molar-refractivity contribution in [3.8, 4) is 5.75 Å². The lowest BCUT2D eigenvalue weighted by Crippen LogP contribution is -2.32. The number of benzene rings is 1. The van der Waals surface area contributed by atoms with Crippen LogP contribution in [0.1, 0.15) is 16.7 Å². The third kappa shape index (κ3) is 2.70. The Morgan fingerprint density at radius 1 is 1.47 bits per heavy atom. The topological polar surface area (TPSA) is 83.6 Å². The van der Waals surface area contributed by atoms with E-state index in [1.807, 2.05) is 19.9 Å². The van der Waals surface area contributed by atoms with Crippen molar-refractivity contribution in [2.45, 2.75) is 26.3 Å². The fourth-order valence-electron chi connectivity index (χ4n) is 1.55. The summed E-state index contributed by atoms with van der Waals surface area (Å²) >= 11 is 0. The maximum atomic E-state index is 10.6. The first-order valence-electron chi connectivity index (χ1n) is 4.69. The summed E-state index contributed by atoms with van der Waals surface area (Å²) in [5.41, 5.74) is 7.83. The number of carboxylic acids is 1. The van der Waals surface area contributed by atoms with Gasteiger partial charge in [0.25, 0.3) is 0 Å². The quantitative estimate of drug-likeness (QED) is 0.692. The van der Waals surface area contributed by atoms with E-state index in [0.29, 0.717) is 5.56 Å². The molecular formula is C11H15NO3. The number of aromatic hydroxyl groups is 1.